The van der Waals surface area contributed by atoms with Crippen LogP contribution in [0.5, 0.6) is 0 Å². The Hall–Kier alpha value is -7.16. The van der Waals surface area contributed by atoms with Gasteiger partial charge in [0.1, 0.15) is 0 Å². The summed E-state index contributed by atoms with van der Waals surface area (Å²) >= 11 is 0. The van der Waals surface area contributed by atoms with Crippen LogP contribution in [0, 0.1) is 6.92 Å². The highest BCUT2D eigenvalue weighted by Crippen LogP contribution is 2.47. The molecule has 0 unspecified atom stereocenters. The second-order valence-corrected chi connectivity index (χ2v) is 14.2. The molecule has 260 valence electrons. The minimum Gasteiger partial charge on any atom is -0.310 e. The van der Waals surface area contributed by atoms with Crippen molar-refractivity contribution in [1.29, 1.82) is 0 Å². The van der Waals surface area contributed by atoms with Crippen molar-refractivity contribution in [3.05, 3.63) is 218 Å². The maximum absolute atomic E-state index is 2.48. The van der Waals surface area contributed by atoms with Crippen LogP contribution in [0.4, 0.5) is 17.1 Å². The van der Waals surface area contributed by atoms with Crippen molar-refractivity contribution in [3.63, 3.8) is 0 Å². The first-order valence-electron chi connectivity index (χ1n) is 18.9. The van der Waals surface area contributed by atoms with E-state index in [1.54, 1.807) is 0 Å². The smallest absolute Gasteiger partial charge is 0.0562 e. The van der Waals surface area contributed by atoms with E-state index >= 15 is 0 Å². The van der Waals surface area contributed by atoms with Crippen LogP contribution in [0.3, 0.4) is 0 Å². The van der Waals surface area contributed by atoms with Gasteiger partial charge in [-0.15, -0.1) is 0 Å². The van der Waals surface area contributed by atoms with Gasteiger partial charge < -0.3 is 9.47 Å². The Balaban J connectivity index is 1.32. The molecular formula is C53H38N2. The third-order valence-electron chi connectivity index (χ3n) is 10.9. The lowest BCUT2D eigenvalue weighted by atomic mass is 9.94. The predicted molar refractivity (Wildman–Crippen MR) is 234 cm³/mol. The first-order chi connectivity index (χ1) is 27.2. The van der Waals surface area contributed by atoms with Gasteiger partial charge in [0.15, 0.2) is 0 Å². The van der Waals surface area contributed by atoms with Crippen molar-refractivity contribution >= 4 is 49.6 Å². The lowest BCUT2D eigenvalue weighted by Gasteiger charge is -2.30. The van der Waals surface area contributed by atoms with Crippen molar-refractivity contribution in [3.8, 4) is 39.1 Å². The summed E-state index contributed by atoms with van der Waals surface area (Å²) in [7, 11) is 0. The van der Waals surface area contributed by atoms with E-state index in [1.165, 1.54) is 71.5 Å². The van der Waals surface area contributed by atoms with E-state index in [9.17, 15) is 0 Å². The molecule has 10 rings (SSSR count). The SMILES string of the molecule is Cc1cccc2c1c1ccc(N(c3cc(-c4ccccc4)cc(-c4ccccc4)c3)c3ccc4ccccc4c3-c3ccccc3)cc1n2-c1ccccc1. The van der Waals surface area contributed by atoms with E-state index in [4.69, 9.17) is 0 Å². The topological polar surface area (TPSA) is 8.17 Å². The first-order valence-corrected chi connectivity index (χ1v) is 18.9. The van der Waals surface area contributed by atoms with Crippen LogP contribution in [0.1, 0.15) is 5.56 Å². The summed E-state index contributed by atoms with van der Waals surface area (Å²) in [6.07, 6.45) is 0. The van der Waals surface area contributed by atoms with Gasteiger partial charge in [0.25, 0.3) is 0 Å². The summed E-state index contributed by atoms with van der Waals surface area (Å²) in [6.45, 7) is 2.22. The van der Waals surface area contributed by atoms with Gasteiger partial charge in [-0.05, 0) is 106 Å². The number of aryl methyl sites for hydroxylation is 1. The van der Waals surface area contributed by atoms with Crippen LogP contribution < -0.4 is 4.90 Å². The molecule has 0 saturated heterocycles. The van der Waals surface area contributed by atoms with Crippen LogP contribution >= 0.6 is 0 Å². The highest BCUT2D eigenvalue weighted by Gasteiger charge is 2.23. The number of hydrogen-bond donors (Lipinski definition) is 0. The Labute approximate surface area is 321 Å². The summed E-state index contributed by atoms with van der Waals surface area (Å²) in [5.74, 6) is 0. The highest BCUT2D eigenvalue weighted by atomic mass is 15.1. The quantitative estimate of drug-likeness (QED) is 0.160. The van der Waals surface area contributed by atoms with E-state index in [1.807, 2.05) is 0 Å². The van der Waals surface area contributed by atoms with E-state index in [-0.39, 0.29) is 0 Å². The summed E-state index contributed by atoms with van der Waals surface area (Å²) < 4.78 is 2.42. The maximum atomic E-state index is 2.48. The third kappa shape index (κ3) is 5.76. The van der Waals surface area contributed by atoms with Crippen LogP contribution in [-0.4, -0.2) is 4.57 Å². The monoisotopic (exact) mass is 702 g/mol. The Kier molecular flexibility index (Phi) is 8.08. The van der Waals surface area contributed by atoms with Gasteiger partial charge in [0.05, 0.1) is 16.7 Å². The average molecular weight is 703 g/mol. The van der Waals surface area contributed by atoms with Gasteiger partial charge in [-0.2, -0.15) is 0 Å². The maximum Gasteiger partial charge on any atom is 0.0562 e. The molecule has 0 N–H and O–H groups in total. The van der Waals surface area contributed by atoms with Gasteiger partial charge >= 0.3 is 0 Å². The average Bonchev–Trinajstić information content (AvgIpc) is 3.59. The van der Waals surface area contributed by atoms with Gasteiger partial charge in [-0.1, -0.05) is 158 Å². The molecular weight excluding hydrogens is 665 g/mol. The number of anilines is 3. The van der Waals surface area contributed by atoms with Crippen LogP contribution in [0.15, 0.2) is 212 Å². The zero-order valence-electron chi connectivity index (χ0n) is 30.6. The lowest BCUT2D eigenvalue weighted by molar-refractivity contribution is 1.18. The molecule has 0 spiro atoms. The number of benzene rings is 9. The molecule has 0 aliphatic rings. The molecule has 0 atom stereocenters. The fraction of sp³-hybridized carbons (Fsp3) is 0.0189. The molecule has 0 bridgehead atoms. The molecule has 9 aromatic carbocycles. The molecule has 0 aliphatic heterocycles. The lowest BCUT2D eigenvalue weighted by Crippen LogP contribution is -2.12. The summed E-state index contributed by atoms with van der Waals surface area (Å²) in [6, 6.07) is 77.1. The predicted octanol–water partition coefficient (Wildman–Crippen LogP) is 14.7. The van der Waals surface area contributed by atoms with Gasteiger partial charge in [-0.25, -0.2) is 0 Å². The summed E-state index contributed by atoms with van der Waals surface area (Å²) in [5.41, 5.74) is 15.1. The molecule has 0 saturated carbocycles. The van der Waals surface area contributed by atoms with E-state index in [0.29, 0.717) is 0 Å². The van der Waals surface area contributed by atoms with Crippen molar-refractivity contribution in [2.45, 2.75) is 6.92 Å². The van der Waals surface area contributed by atoms with Crippen molar-refractivity contribution < 1.29 is 0 Å². The molecule has 1 heterocycles. The number of hydrogen-bond acceptors (Lipinski definition) is 1. The Morgan fingerprint density at radius 1 is 0.382 bits per heavy atom. The Morgan fingerprint density at radius 3 is 1.65 bits per heavy atom. The van der Waals surface area contributed by atoms with E-state index in [2.05, 4.69) is 229 Å². The van der Waals surface area contributed by atoms with Crippen molar-refractivity contribution in [2.24, 2.45) is 0 Å². The first kappa shape index (κ1) is 32.5. The molecule has 0 fully saturated rings. The molecule has 55 heavy (non-hydrogen) atoms. The van der Waals surface area contributed by atoms with Crippen molar-refractivity contribution in [2.75, 3.05) is 4.90 Å². The number of fused-ring (bicyclic) bond motifs is 4. The fourth-order valence-electron chi connectivity index (χ4n) is 8.35. The van der Waals surface area contributed by atoms with E-state index < -0.39 is 0 Å². The second kappa shape index (κ2) is 13.7. The minimum atomic E-state index is 1.09. The number of aromatic nitrogens is 1. The fourth-order valence-corrected chi connectivity index (χ4v) is 8.35. The summed E-state index contributed by atoms with van der Waals surface area (Å²) in [5, 5.41) is 4.95. The van der Waals surface area contributed by atoms with Crippen LogP contribution in [0.25, 0.3) is 71.6 Å². The molecule has 2 heteroatoms. The Bertz CT molecular complexity index is 2910. The van der Waals surface area contributed by atoms with Gasteiger partial charge in [0, 0.05) is 33.4 Å². The zero-order valence-corrected chi connectivity index (χ0v) is 30.6. The second-order valence-electron chi connectivity index (χ2n) is 14.2. The van der Waals surface area contributed by atoms with E-state index in [0.717, 1.165) is 22.7 Å². The third-order valence-corrected chi connectivity index (χ3v) is 10.9. The standard InChI is InChI=1S/C53H38N2/c1-37-17-16-28-49-52(37)48-31-30-45(36-51(48)55(49)44-25-12-5-13-26-44)54(50-32-29-40-22-14-15-27-47(40)53(50)41-23-10-4-11-24-41)46-34-42(38-18-6-2-7-19-38)33-43(35-46)39-20-8-3-9-21-39/h2-36H,1H3. The molecule has 2 nitrogen and oxygen atoms in total. The van der Waals surface area contributed by atoms with Crippen LogP contribution in [0.2, 0.25) is 0 Å². The molecule has 1 aromatic heterocycles. The zero-order chi connectivity index (χ0) is 36.7. The van der Waals surface area contributed by atoms with Gasteiger partial charge in [0.2, 0.25) is 0 Å². The van der Waals surface area contributed by atoms with Crippen molar-refractivity contribution in [1.82, 2.24) is 4.57 Å². The molecule has 0 aliphatic carbocycles. The molecule has 0 radical (unpaired) electrons. The number of rotatable bonds is 7. The number of para-hydroxylation sites is 1. The highest BCUT2D eigenvalue weighted by molar-refractivity contribution is 6.12. The molecule has 10 aromatic rings. The normalized spacial score (nSPS) is 11.4. The van der Waals surface area contributed by atoms with Gasteiger partial charge in [-0.3, -0.25) is 0 Å². The molecule has 0 amide bonds. The largest absolute Gasteiger partial charge is 0.310 e. The van der Waals surface area contributed by atoms with Crippen LogP contribution in [-0.2, 0) is 0 Å². The Morgan fingerprint density at radius 2 is 0.982 bits per heavy atom. The number of nitrogens with zero attached hydrogens (tertiary/aromatic N) is 2. The summed E-state index contributed by atoms with van der Waals surface area (Å²) in [4.78, 5) is 2.48. The minimum absolute atomic E-state index is 1.09.